The number of rotatable bonds is 4. The zero-order valence-electron chi connectivity index (χ0n) is 10.2. The lowest BCUT2D eigenvalue weighted by Gasteiger charge is -2.35. The number of carbonyl (C=O) groups is 2. The molecule has 0 radical (unpaired) electrons. The highest BCUT2D eigenvalue weighted by molar-refractivity contribution is 5.89. The van der Waals surface area contributed by atoms with Crippen molar-refractivity contribution in [2.24, 2.45) is 11.5 Å². The normalized spacial score (nSPS) is 21.5. The molecule has 0 bridgehead atoms. The van der Waals surface area contributed by atoms with Gasteiger partial charge in [-0.25, -0.2) is 0 Å². The van der Waals surface area contributed by atoms with Crippen molar-refractivity contribution in [1.82, 2.24) is 4.90 Å². The van der Waals surface area contributed by atoms with E-state index in [1.807, 2.05) is 6.92 Å². The Morgan fingerprint density at radius 1 is 1.41 bits per heavy atom. The molecule has 1 saturated heterocycles. The van der Waals surface area contributed by atoms with Crippen molar-refractivity contribution in [2.75, 3.05) is 6.54 Å². The van der Waals surface area contributed by atoms with Crippen LogP contribution in [0, 0.1) is 0 Å². The van der Waals surface area contributed by atoms with Crippen LogP contribution in [0.3, 0.4) is 0 Å². The second kappa shape index (κ2) is 7.50. The van der Waals surface area contributed by atoms with Crippen molar-refractivity contribution in [3.8, 4) is 0 Å². The summed E-state index contributed by atoms with van der Waals surface area (Å²) in [6.07, 6.45) is 4.05. The molecule has 0 aromatic heterocycles. The lowest BCUT2D eigenvalue weighted by molar-refractivity contribution is -0.142. The van der Waals surface area contributed by atoms with E-state index < -0.39 is 18.0 Å². The molecule has 1 heterocycles. The van der Waals surface area contributed by atoms with Gasteiger partial charge in [-0.1, -0.05) is 13.3 Å². The number of carbonyl (C=O) groups excluding carboxylic acids is 2. The molecule has 100 valence electrons. The van der Waals surface area contributed by atoms with Crippen molar-refractivity contribution < 1.29 is 9.59 Å². The van der Waals surface area contributed by atoms with Crippen LogP contribution in [0.25, 0.3) is 0 Å². The highest BCUT2D eigenvalue weighted by Gasteiger charge is 2.32. The number of hydrogen-bond donors (Lipinski definition) is 2. The summed E-state index contributed by atoms with van der Waals surface area (Å²) in [5, 5.41) is 0. The summed E-state index contributed by atoms with van der Waals surface area (Å²) in [4.78, 5) is 24.8. The molecule has 17 heavy (non-hydrogen) atoms. The van der Waals surface area contributed by atoms with Gasteiger partial charge < -0.3 is 16.4 Å². The Labute approximate surface area is 108 Å². The fourth-order valence-corrected chi connectivity index (χ4v) is 2.14. The fourth-order valence-electron chi connectivity index (χ4n) is 2.14. The Morgan fingerprint density at radius 2 is 2.06 bits per heavy atom. The zero-order valence-corrected chi connectivity index (χ0v) is 11.0. The first-order chi connectivity index (χ1) is 7.57. The van der Waals surface area contributed by atoms with Crippen LogP contribution in [-0.2, 0) is 9.59 Å². The molecular weight excluding hydrogens is 242 g/mol. The second-order valence-electron chi connectivity index (χ2n) is 4.34. The van der Waals surface area contributed by atoms with E-state index in [9.17, 15) is 9.59 Å². The van der Waals surface area contributed by atoms with Crippen LogP contribution in [-0.4, -0.2) is 35.3 Å². The number of hydrogen-bond acceptors (Lipinski definition) is 3. The molecule has 0 spiro atoms. The van der Waals surface area contributed by atoms with Crippen LogP contribution in [0.5, 0.6) is 0 Å². The van der Waals surface area contributed by atoms with E-state index >= 15 is 0 Å². The fraction of sp³-hybridized carbons (Fsp3) is 0.818. The van der Waals surface area contributed by atoms with Crippen LogP contribution in [0.4, 0.5) is 0 Å². The predicted octanol–water partition coefficient (Wildman–Crippen LogP) is 0.402. The summed E-state index contributed by atoms with van der Waals surface area (Å²) in [6, 6.07) is -0.950. The first kappa shape index (κ1) is 16.2. The van der Waals surface area contributed by atoms with Gasteiger partial charge in [-0.3, -0.25) is 9.59 Å². The number of piperidine rings is 1. The quantitative estimate of drug-likeness (QED) is 0.769. The maximum absolute atomic E-state index is 12.0. The summed E-state index contributed by atoms with van der Waals surface area (Å²) in [5.74, 6) is -0.554. The van der Waals surface area contributed by atoms with E-state index in [1.165, 1.54) is 0 Å². The van der Waals surface area contributed by atoms with Crippen molar-refractivity contribution in [2.45, 2.75) is 51.1 Å². The molecule has 4 N–H and O–H groups in total. The summed E-state index contributed by atoms with van der Waals surface area (Å²) in [5.41, 5.74) is 11.1. The number of primary amides is 1. The van der Waals surface area contributed by atoms with E-state index in [-0.39, 0.29) is 18.3 Å². The maximum atomic E-state index is 12.0. The van der Waals surface area contributed by atoms with Gasteiger partial charge in [0.1, 0.15) is 6.04 Å². The summed E-state index contributed by atoms with van der Waals surface area (Å²) >= 11 is 0. The molecule has 0 aromatic rings. The number of likely N-dealkylation sites (tertiary alicyclic amines) is 1. The van der Waals surface area contributed by atoms with Crippen molar-refractivity contribution in [3.05, 3.63) is 0 Å². The monoisotopic (exact) mass is 263 g/mol. The molecule has 2 atom stereocenters. The van der Waals surface area contributed by atoms with E-state index in [1.54, 1.807) is 4.90 Å². The molecule has 6 heteroatoms. The standard InChI is InChI=1S/C11H21N3O2.ClH/c1-2-5-8(12)11(16)14-7-4-3-6-9(14)10(13)15;/h8-9H,2-7,12H2,1H3,(H2,13,15);1H/t8-,9-;/m0./s1. The van der Waals surface area contributed by atoms with Gasteiger partial charge in [0.05, 0.1) is 6.04 Å². The number of amides is 2. The molecule has 1 fully saturated rings. The van der Waals surface area contributed by atoms with Gasteiger partial charge in [0.15, 0.2) is 0 Å². The van der Waals surface area contributed by atoms with Gasteiger partial charge in [-0.2, -0.15) is 0 Å². The molecule has 0 aliphatic carbocycles. The topological polar surface area (TPSA) is 89.4 Å². The molecule has 1 aliphatic heterocycles. The van der Waals surface area contributed by atoms with Crippen LogP contribution in [0.15, 0.2) is 0 Å². The van der Waals surface area contributed by atoms with Crippen molar-refractivity contribution >= 4 is 24.2 Å². The minimum absolute atomic E-state index is 0. The van der Waals surface area contributed by atoms with Gasteiger partial charge >= 0.3 is 0 Å². The van der Waals surface area contributed by atoms with Gasteiger partial charge in [0.2, 0.25) is 11.8 Å². The molecule has 0 aromatic carbocycles. The summed E-state index contributed by atoms with van der Waals surface area (Å²) in [6.45, 7) is 2.58. The van der Waals surface area contributed by atoms with Crippen LogP contribution >= 0.6 is 12.4 Å². The molecule has 5 nitrogen and oxygen atoms in total. The molecule has 0 unspecified atom stereocenters. The van der Waals surface area contributed by atoms with Gasteiger partial charge in [0, 0.05) is 6.54 Å². The molecular formula is C11H22ClN3O2. The van der Waals surface area contributed by atoms with E-state index in [0.29, 0.717) is 19.4 Å². The average molecular weight is 264 g/mol. The highest BCUT2D eigenvalue weighted by atomic mass is 35.5. The summed E-state index contributed by atoms with van der Waals surface area (Å²) in [7, 11) is 0. The Bertz CT molecular complexity index is 273. The Balaban J connectivity index is 0.00000256. The Kier molecular flexibility index (Phi) is 7.15. The van der Waals surface area contributed by atoms with Gasteiger partial charge in [0.25, 0.3) is 0 Å². The van der Waals surface area contributed by atoms with Gasteiger partial charge in [-0.05, 0) is 25.7 Å². The predicted molar refractivity (Wildman–Crippen MR) is 68.7 cm³/mol. The number of halogens is 1. The Morgan fingerprint density at radius 3 is 2.59 bits per heavy atom. The lowest BCUT2D eigenvalue weighted by Crippen LogP contribution is -2.55. The van der Waals surface area contributed by atoms with E-state index in [2.05, 4.69) is 0 Å². The third-order valence-corrected chi connectivity index (χ3v) is 3.03. The largest absolute Gasteiger partial charge is 0.368 e. The first-order valence-corrected chi connectivity index (χ1v) is 5.93. The lowest BCUT2D eigenvalue weighted by atomic mass is 10.00. The van der Waals surface area contributed by atoms with Crippen molar-refractivity contribution in [3.63, 3.8) is 0 Å². The number of nitrogens with zero attached hydrogens (tertiary/aromatic N) is 1. The zero-order chi connectivity index (χ0) is 12.1. The third-order valence-electron chi connectivity index (χ3n) is 3.03. The molecule has 1 aliphatic rings. The second-order valence-corrected chi connectivity index (χ2v) is 4.34. The van der Waals surface area contributed by atoms with Crippen LogP contribution in [0.2, 0.25) is 0 Å². The third kappa shape index (κ3) is 4.16. The summed E-state index contributed by atoms with van der Waals surface area (Å²) < 4.78 is 0. The Hall–Kier alpha value is -0.810. The molecule has 0 saturated carbocycles. The van der Waals surface area contributed by atoms with E-state index in [4.69, 9.17) is 11.5 Å². The van der Waals surface area contributed by atoms with E-state index in [0.717, 1.165) is 19.3 Å². The first-order valence-electron chi connectivity index (χ1n) is 5.93. The van der Waals surface area contributed by atoms with Gasteiger partial charge in [-0.15, -0.1) is 12.4 Å². The number of nitrogens with two attached hydrogens (primary N) is 2. The highest BCUT2D eigenvalue weighted by Crippen LogP contribution is 2.18. The average Bonchev–Trinajstić information content (AvgIpc) is 2.28. The molecule has 1 rings (SSSR count). The molecule has 2 amide bonds. The smallest absolute Gasteiger partial charge is 0.240 e. The minimum atomic E-state index is -0.495. The SMILES string of the molecule is CCC[C@H](N)C(=O)N1CCCC[C@H]1C(N)=O.Cl. The minimum Gasteiger partial charge on any atom is -0.368 e. The van der Waals surface area contributed by atoms with Crippen molar-refractivity contribution in [1.29, 1.82) is 0 Å². The van der Waals surface area contributed by atoms with Crippen LogP contribution in [0.1, 0.15) is 39.0 Å². The maximum Gasteiger partial charge on any atom is 0.240 e. The van der Waals surface area contributed by atoms with Crippen LogP contribution < -0.4 is 11.5 Å².